The molecule has 1 saturated heterocycles. The van der Waals surface area contributed by atoms with Crippen LogP contribution < -0.4 is 4.90 Å². The Bertz CT molecular complexity index is 738. The van der Waals surface area contributed by atoms with E-state index in [4.69, 9.17) is 0 Å². The fourth-order valence-electron chi connectivity index (χ4n) is 3.19. The summed E-state index contributed by atoms with van der Waals surface area (Å²) in [6.07, 6.45) is 0. The topological polar surface area (TPSA) is 20.3 Å². The van der Waals surface area contributed by atoms with E-state index >= 15 is 0 Å². The van der Waals surface area contributed by atoms with Crippen LogP contribution >= 0.6 is 11.8 Å². The van der Waals surface area contributed by atoms with Crippen LogP contribution in [0.1, 0.15) is 48.4 Å². The van der Waals surface area contributed by atoms with Crippen LogP contribution in [0.3, 0.4) is 0 Å². The van der Waals surface area contributed by atoms with Crippen LogP contribution in [0, 0.1) is 13.8 Å². The summed E-state index contributed by atoms with van der Waals surface area (Å²) >= 11 is 1.71. The minimum absolute atomic E-state index is 0.0627. The van der Waals surface area contributed by atoms with Gasteiger partial charge in [-0.25, -0.2) is 0 Å². The molecule has 3 heteroatoms. The lowest BCUT2D eigenvalue weighted by molar-refractivity contribution is -0.115. The first-order valence-electron chi connectivity index (χ1n) is 8.38. The number of aryl methyl sites for hydroxylation is 2. The fraction of sp³-hybridized carbons (Fsp3) is 0.381. The van der Waals surface area contributed by atoms with Crippen molar-refractivity contribution in [3.63, 3.8) is 0 Å². The smallest absolute Gasteiger partial charge is 0.238 e. The normalized spacial score (nSPS) is 18.3. The van der Waals surface area contributed by atoms with Crippen molar-refractivity contribution in [2.75, 3.05) is 10.7 Å². The van der Waals surface area contributed by atoms with E-state index in [1.54, 1.807) is 11.8 Å². The summed E-state index contributed by atoms with van der Waals surface area (Å²) in [6, 6.07) is 15.1. The second kappa shape index (κ2) is 6.29. The van der Waals surface area contributed by atoms with E-state index in [9.17, 15) is 4.79 Å². The second-order valence-corrected chi connectivity index (χ2v) is 8.71. The standard InChI is InChI=1S/C21H25NOS/c1-14-10-15(2)12-18(11-14)22-19(23)13-24-20(22)16-6-8-17(9-7-16)21(3,4)5/h6-12,20H,13H2,1-5H3. The third kappa shape index (κ3) is 3.36. The molecule has 0 N–H and O–H groups in total. The molecule has 0 aromatic heterocycles. The van der Waals surface area contributed by atoms with Crippen LogP contribution in [-0.4, -0.2) is 11.7 Å². The molecule has 0 bridgehead atoms. The molecule has 1 atom stereocenters. The minimum atomic E-state index is 0.0627. The molecular weight excluding hydrogens is 314 g/mol. The number of thioether (sulfide) groups is 1. The van der Waals surface area contributed by atoms with Gasteiger partial charge in [-0.05, 0) is 53.6 Å². The van der Waals surface area contributed by atoms with Gasteiger partial charge >= 0.3 is 0 Å². The first kappa shape index (κ1) is 17.1. The Morgan fingerprint density at radius 1 is 1.00 bits per heavy atom. The van der Waals surface area contributed by atoms with E-state index in [2.05, 4.69) is 77.1 Å². The summed E-state index contributed by atoms with van der Waals surface area (Å²) in [4.78, 5) is 14.5. The lowest BCUT2D eigenvalue weighted by Crippen LogP contribution is -2.28. The zero-order chi connectivity index (χ0) is 17.5. The monoisotopic (exact) mass is 339 g/mol. The van der Waals surface area contributed by atoms with Crippen molar-refractivity contribution in [2.45, 2.75) is 45.4 Å². The van der Waals surface area contributed by atoms with Gasteiger partial charge in [-0.15, -0.1) is 11.8 Å². The maximum Gasteiger partial charge on any atom is 0.238 e. The summed E-state index contributed by atoms with van der Waals surface area (Å²) in [7, 11) is 0. The highest BCUT2D eigenvalue weighted by Gasteiger charge is 2.34. The third-order valence-corrected chi connectivity index (χ3v) is 5.63. The fourth-order valence-corrected chi connectivity index (χ4v) is 4.36. The van der Waals surface area contributed by atoms with Crippen LogP contribution in [0.25, 0.3) is 0 Å². The molecule has 3 rings (SSSR count). The van der Waals surface area contributed by atoms with E-state index < -0.39 is 0 Å². The lowest BCUT2D eigenvalue weighted by atomic mass is 9.86. The summed E-state index contributed by atoms with van der Waals surface area (Å²) in [5.41, 5.74) is 6.04. The Morgan fingerprint density at radius 2 is 1.58 bits per heavy atom. The van der Waals surface area contributed by atoms with E-state index in [0.717, 1.165) is 5.69 Å². The zero-order valence-electron chi connectivity index (χ0n) is 15.1. The summed E-state index contributed by atoms with van der Waals surface area (Å²) in [5, 5.41) is 0.0627. The zero-order valence-corrected chi connectivity index (χ0v) is 15.9. The van der Waals surface area contributed by atoms with Crippen molar-refractivity contribution in [2.24, 2.45) is 0 Å². The van der Waals surface area contributed by atoms with Crippen molar-refractivity contribution >= 4 is 23.4 Å². The molecule has 1 fully saturated rings. The van der Waals surface area contributed by atoms with Crippen molar-refractivity contribution in [3.05, 3.63) is 64.7 Å². The lowest BCUT2D eigenvalue weighted by Gasteiger charge is -2.26. The summed E-state index contributed by atoms with van der Waals surface area (Å²) < 4.78 is 0. The molecule has 1 aliphatic heterocycles. The van der Waals surface area contributed by atoms with Gasteiger partial charge in [0, 0.05) is 5.69 Å². The van der Waals surface area contributed by atoms with Gasteiger partial charge < -0.3 is 0 Å². The van der Waals surface area contributed by atoms with Gasteiger partial charge in [0.1, 0.15) is 5.37 Å². The van der Waals surface area contributed by atoms with Gasteiger partial charge in [-0.3, -0.25) is 9.69 Å². The number of hydrogen-bond acceptors (Lipinski definition) is 2. The van der Waals surface area contributed by atoms with Gasteiger partial charge in [0.15, 0.2) is 0 Å². The van der Waals surface area contributed by atoms with Gasteiger partial charge in [-0.1, -0.05) is 51.1 Å². The van der Waals surface area contributed by atoms with Gasteiger partial charge in [0.2, 0.25) is 5.91 Å². The molecule has 1 amide bonds. The number of benzene rings is 2. The van der Waals surface area contributed by atoms with Crippen molar-refractivity contribution in [1.29, 1.82) is 0 Å². The maximum absolute atomic E-state index is 12.5. The van der Waals surface area contributed by atoms with Gasteiger partial charge in [-0.2, -0.15) is 0 Å². The molecular formula is C21H25NOS. The van der Waals surface area contributed by atoms with E-state index in [-0.39, 0.29) is 16.7 Å². The van der Waals surface area contributed by atoms with Crippen LogP contribution in [-0.2, 0) is 10.2 Å². The number of anilines is 1. The van der Waals surface area contributed by atoms with E-state index in [0.29, 0.717) is 5.75 Å². The maximum atomic E-state index is 12.5. The Morgan fingerprint density at radius 3 is 2.12 bits per heavy atom. The molecule has 1 unspecified atom stereocenters. The largest absolute Gasteiger partial charge is 0.295 e. The number of hydrogen-bond donors (Lipinski definition) is 0. The first-order valence-corrected chi connectivity index (χ1v) is 9.43. The molecule has 1 aliphatic rings. The van der Waals surface area contributed by atoms with Crippen LogP contribution in [0.2, 0.25) is 0 Å². The molecule has 24 heavy (non-hydrogen) atoms. The molecule has 2 aromatic rings. The van der Waals surface area contributed by atoms with E-state index in [1.807, 2.05) is 4.90 Å². The SMILES string of the molecule is Cc1cc(C)cc(N2C(=O)CSC2c2ccc(C(C)(C)C)cc2)c1. The Kier molecular flexibility index (Phi) is 4.48. The van der Waals surface area contributed by atoms with Gasteiger partial charge in [0.25, 0.3) is 0 Å². The van der Waals surface area contributed by atoms with Crippen LogP contribution in [0.4, 0.5) is 5.69 Å². The predicted molar refractivity (Wildman–Crippen MR) is 104 cm³/mol. The predicted octanol–water partition coefficient (Wildman–Crippen LogP) is 5.38. The average molecular weight is 340 g/mol. The van der Waals surface area contributed by atoms with E-state index in [1.165, 1.54) is 22.3 Å². The Balaban J connectivity index is 1.96. The molecule has 0 spiro atoms. The molecule has 0 aliphatic carbocycles. The van der Waals surface area contributed by atoms with Gasteiger partial charge in [0.05, 0.1) is 5.75 Å². The number of carbonyl (C=O) groups is 1. The van der Waals surface area contributed by atoms with Crippen LogP contribution in [0.15, 0.2) is 42.5 Å². The van der Waals surface area contributed by atoms with Crippen LogP contribution in [0.5, 0.6) is 0 Å². The Hall–Kier alpha value is -1.74. The quantitative estimate of drug-likeness (QED) is 0.732. The molecule has 0 saturated carbocycles. The second-order valence-electron chi connectivity index (χ2n) is 7.65. The van der Waals surface area contributed by atoms with Crippen molar-refractivity contribution in [1.82, 2.24) is 0 Å². The Labute approximate surface area is 149 Å². The summed E-state index contributed by atoms with van der Waals surface area (Å²) in [5.74, 6) is 0.730. The minimum Gasteiger partial charge on any atom is -0.295 e. The number of rotatable bonds is 2. The number of nitrogens with zero attached hydrogens (tertiary/aromatic N) is 1. The molecule has 126 valence electrons. The van der Waals surface area contributed by atoms with Crippen molar-refractivity contribution in [3.8, 4) is 0 Å². The molecule has 0 radical (unpaired) electrons. The first-order chi connectivity index (χ1) is 11.3. The number of amides is 1. The number of carbonyl (C=O) groups excluding carboxylic acids is 1. The highest BCUT2D eigenvalue weighted by molar-refractivity contribution is 8.00. The summed E-state index contributed by atoms with van der Waals surface area (Å²) in [6.45, 7) is 10.8. The van der Waals surface area contributed by atoms with Crippen molar-refractivity contribution < 1.29 is 4.79 Å². The molecule has 1 heterocycles. The molecule has 2 nitrogen and oxygen atoms in total. The highest BCUT2D eigenvalue weighted by Crippen LogP contribution is 2.42. The average Bonchev–Trinajstić information content (AvgIpc) is 2.87. The highest BCUT2D eigenvalue weighted by atomic mass is 32.2. The molecule has 2 aromatic carbocycles. The third-order valence-electron chi connectivity index (χ3n) is 4.41.